The second-order valence-corrected chi connectivity index (χ2v) is 16.7. The number of rotatable bonds is 9. The van der Waals surface area contributed by atoms with Gasteiger partial charge in [-0.2, -0.15) is 0 Å². The first-order valence-electron chi connectivity index (χ1n) is 18.9. The molecule has 7 rings (SSSR count). The highest BCUT2D eigenvalue weighted by Crippen LogP contribution is 2.42. The predicted octanol–water partition coefficient (Wildman–Crippen LogP) is 8.35. The SMILES string of the molecule is COC(=O)N[C@H](C(=O)N1CCC[C@H]1C1=Nc2ccc3cc(-c4sc(C5=CN=C([C@@H]6CCCN6C(=O)[C@@H](C)C(C)C)C5)cc4C)ccc3c2C1)C(C)C. The molecule has 2 saturated heterocycles. The summed E-state index contributed by atoms with van der Waals surface area (Å²) in [7, 11) is 1.32. The number of methoxy groups -OCH3 is 1. The summed E-state index contributed by atoms with van der Waals surface area (Å²) in [4.78, 5) is 55.5. The zero-order valence-corrected chi connectivity index (χ0v) is 32.3. The first kappa shape index (κ1) is 36.1. The van der Waals surface area contributed by atoms with Crippen LogP contribution >= 0.6 is 11.3 Å². The molecule has 274 valence electrons. The van der Waals surface area contributed by atoms with Gasteiger partial charge in [-0.15, -0.1) is 11.3 Å². The molecule has 52 heavy (non-hydrogen) atoms. The number of aryl methyl sites for hydroxylation is 1. The van der Waals surface area contributed by atoms with Gasteiger partial charge in [0.2, 0.25) is 11.8 Å². The largest absolute Gasteiger partial charge is 0.453 e. The quantitative estimate of drug-likeness (QED) is 0.240. The molecule has 3 aromatic rings. The summed E-state index contributed by atoms with van der Waals surface area (Å²) in [5.74, 6) is 0.446. The maximum absolute atomic E-state index is 13.7. The zero-order chi connectivity index (χ0) is 36.8. The minimum atomic E-state index is -0.649. The average molecular weight is 722 g/mol. The van der Waals surface area contributed by atoms with Gasteiger partial charge in [-0.3, -0.25) is 19.6 Å². The Morgan fingerprint density at radius 3 is 2.29 bits per heavy atom. The molecule has 0 unspecified atom stereocenters. The fraction of sp³-hybridized carbons (Fsp3) is 0.500. The Kier molecular flexibility index (Phi) is 10.1. The molecule has 5 heterocycles. The molecule has 4 aliphatic heterocycles. The number of carbonyl (C=O) groups is 3. The van der Waals surface area contributed by atoms with Crippen molar-refractivity contribution in [1.82, 2.24) is 15.1 Å². The van der Waals surface area contributed by atoms with Crippen molar-refractivity contribution in [2.45, 2.75) is 98.2 Å². The summed E-state index contributed by atoms with van der Waals surface area (Å²) < 4.78 is 4.80. The van der Waals surface area contributed by atoms with Crippen molar-refractivity contribution >= 4 is 62.7 Å². The molecule has 4 atom stereocenters. The number of nitrogens with zero attached hydrogens (tertiary/aromatic N) is 4. The van der Waals surface area contributed by atoms with E-state index in [-0.39, 0.29) is 35.7 Å². The summed E-state index contributed by atoms with van der Waals surface area (Å²) in [6, 6.07) is 12.7. The number of alkyl carbamates (subject to hydrolysis) is 1. The zero-order valence-electron chi connectivity index (χ0n) is 31.5. The van der Waals surface area contributed by atoms with Crippen LogP contribution in [-0.4, -0.2) is 77.5 Å². The maximum Gasteiger partial charge on any atom is 0.407 e. The number of hydrogen-bond donors (Lipinski definition) is 1. The summed E-state index contributed by atoms with van der Waals surface area (Å²) in [6.07, 6.45) is 6.71. The number of aliphatic imine (C=N–C) groups is 2. The fourth-order valence-electron chi connectivity index (χ4n) is 8.29. The van der Waals surface area contributed by atoms with Crippen LogP contribution < -0.4 is 5.32 Å². The standard InChI is InChI=1S/C42H51N5O4S/c1-23(2)26(6)40(48)46-16-8-10-35(46)33-20-29(22-43-33)37-18-25(5)39(52-37)28-12-14-30-27(19-28)13-15-32-31(30)21-34(44-32)36-11-9-17-47(36)41(49)38(24(3)4)45-42(50)51-7/h12-15,18-19,22-24,26,35-36,38H,8-11,16-17,20-21H2,1-7H3,(H,45,50)/t26-,35-,36-,38-/m0/s1. The molecule has 1 aromatic heterocycles. The smallest absolute Gasteiger partial charge is 0.407 e. The Morgan fingerprint density at radius 1 is 0.885 bits per heavy atom. The summed E-state index contributed by atoms with van der Waals surface area (Å²) in [5.41, 5.74) is 7.99. The Balaban J connectivity index is 1.05. The number of fused-ring (bicyclic) bond motifs is 3. The number of thiophene rings is 1. The summed E-state index contributed by atoms with van der Waals surface area (Å²) >= 11 is 1.82. The molecule has 0 spiro atoms. The molecule has 0 saturated carbocycles. The van der Waals surface area contributed by atoms with E-state index in [4.69, 9.17) is 14.7 Å². The van der Waals surface area contributed by atoms with Gasteiger partial charge in [-0.05, 0) is 95.7 Å². The van der Waals surface area contributed by atoms with Crippen LogP contribution in [0, 0.1) is 24.7 Å². The topological polar surface area (TPSA) is 104 Å². The monoisotopic (exact) mass is 721 g/mol. The molecule has 1 N–H and O–H groups in total. The highest BCUT2D eigenvalue weighted by atomic mass is 32.1. The Bertz CT molecular complexity index is 2010. The van der Waals surface area contributed by atoms with Crippen LogP contribution in [0.25, 0.3) is 26.8 Å². The van der Waals surface area contributed by atoms with Gasteiger partial charge in [-0.25, -0.2) is 4.79 Å². The van der Waals surface area contributed by atoms with Gasteiger partial charge in [0.1, 0.15) is 6.04 Å². The molecule has 2 aromatic carbocycles. The third-order valence-electron chi connectivity index (χ3n) is 11.6. The highest BCUT2D eigenvalue weighted by Gasteiger charge is 2.39. The molecule has 9 nitrogen and oxygen atoms in total. The average Bonchev–Trinajstić information content (AvgIpc) is 3.97. The van der Waals surface area contributed by atoms with E-state index in [2.05, 4.69) is 74.3 Å². The van der Waals surface area contributed by atoms with Crippen LogP contribution in [0.3, 0.4) is 0 Å². The summed E-state index contributed by atoms with van der Waals surface area (Å²) in [5, 5.41) is 5.12. The van der Waals surface area contributed by atoms with Crippen LogP contribution in [0.2, 0.25) is 0 Å². The van der Waals surface area contributed by atoms with Crippen molar-refractivity contribution in [3.05, 3.63) is 58.6 Å². The number of nitrogens with one attached hydrogen (secondary N) is 1. The number of benzene rings is 2. The van der Waals surface area contributed by atoms with E-state index < -0.39 is 12.1 Å². The fourth-order valence-corrected chi connectivity index (χ4v) is 9.47. The Labute approximate surface area is 311 Å². The van der Waals surface area contributed by atoms with E-state index in [9.17, 15) is 14.4 Å². The van der Waals surface area contributed by atoms with Crippen molar-refractivity contribution in [3.8, 4) is 10.4 Å². The molecule has 2 fully saturated rings. The lowest BCUT2D eigenvalue weighted by molar-refractivity contribution is -0.136. The van der Waals surface area contributed by atoms with Gasteiger partial charge < -0.3 is 19.9 Å². The van der Waals surface area contributed by atoms with Crippen LogP contribution in [-0.2, 0) is 20.7 Å². The minimum Gasteiger partial charge on any atom is -0.453 e. The van der Waals surface area contributed by atoms with Crippen molar-refractivity contribution < 1.29 is 19.1 Å². The minimum absolute atomic E-state index is 0.0179. The number of amides is 3. The predicted molar refractivity (Wildman–Crippen MR) is 210 cm³/mol. The van der Waals surface area contributed by atoms with Gasteiger partial charge in [0.25, 0.3) is 0 Å². The van der Waals surface area contributed by atoms with Gasteiger partial charge in [0, 0.05) is 59.2 Å². The van der Waals surface area contributed by atoms with Gasteiger partial charge in [0.15, 0.2) is 0 Å². The third-order valence-corrected chi connectivity index (χ3v) is 13.0. The van der Waals surface area contributed by atoms with E-state index in [1.165, 1.54) is 49.9 Å². The molecular weight excluding hydrogens is 671 g/mol. The lowest BCUT2D eigenvalue weighted by Gasteiger charge is -2.30. The second kappa shape index (κ2) is 14.6. The Hall–Kier alpha value is -4.31. The lowest BCUT2D eigenvalue weighted by atomic mass is 9.95. The summed E-state index contributed by atoms with van der Waals surface area (Å²) in [6.45, 7) is 13.8. The molecule has 0 radical (unpaired) electrons. The van der Waals surface area contributed by atoms with Gasteiger partial charge in [-0.1, -0.05) is 52.8 Å². The third kappa shape index (κ3) is 6.70. The van der Waals surface area contributed by atoms with E-state index in [0.717, 1.165) is 55.8 Å². The number of allylic oxidation sites excluding steroid dienone is 1. The van der Waals surface area contributed by atoms with Crippen molar-refractivity contribution in [1.29, 1.82) is 0 Å². The first-order valence-corrected chi connectivity index (χ1v) is 19.7. The van der Waals surface area contributed by atoms with E-state index in [1.54, 1.807) is 0 Å². The molecule has 4 aliphatic rings. The van der Waals surface area contributed by atoms with Crippen molar-refractivity contribution in [3.63, 3.8) is 0 Å². The first-order chi connectivity index (χ1) is 24.9. The highest BCUT2D eigenvalue weighted by molar-refractivity contribution is 7.16. The lowest BCUT2D eigenvalue weighted by Crippen LogP contribution is -2.53. The van der Waals surface area contributed by atoms with Crippen molar-refractivity contribution in [2.24, 2.45) is 27.7 Å². The van der Waals surface area contributed by atoms with Crippen LogP contribution in [0.5, 0.6) is 0 Å². The van der Waals surface area contributed by atoms with Gasteiger partial charge >= 0.3 is 6.09 Å². The number of ether oxygens (including phenoxy) is 1. The van der Waals surface area contributed by atoms with Gasteiger partial charge in [0.05, 0.1) is 24.9 Å². The van der Waals surface area contributed by atoms with E-state index >= 15 is 0 Å². The van der Waals surface area contributed by atoms with Crippen molar-refractivity contribution in [2.75, 3.05) is 20.2 Å². The second-order valence-electron chi connectivity index (χ2n) is 15.6. The molecule has 3 amide bonds. The van der Waals surface area contributed by atoms with Crippen LogP contribution in [0.15, 0.2) is 52.6 Å². The van der Waals surface area contributed by atoms with E-state index in [0.29, 0.717) is 18.9 Å². The maximum atomic E-state index is 13.7. The molecule has 10 heteroatoms. The van der Waals surface area contributed by atoms with Crippen LogP contribution in [0.1, 0.15) is 82.7 Å². The Morgan fingerprint density at radius 2 is 1.60 bits per heavy atom. The number of likely N-dealkylation sites (tertiary alicyclic amines) is 2. The number of carbonyl (C=O) groups excluding carboxylic acids is 3. The normalized spacial score (nSPS) is 21.1. The molecule has 0 bridgehead atoms. The number of hydrogen-bond acceptors (Lipinski definition) is 7. The van der Waals surface area contributed by atoms with E-state index in [1.807, 2.05) is 36.3 Å². The van der Waals surface area contributed by atoms with Crippen LogP contribution in [0.4, 0.5) is 10.5 Å². The molecular formula is C42H51N5O4S. The molecule has 0 aliphatic carbocycles.